The average Bonchev–Trinajstić information content (AvgIpc) is 3.78. The zero-order chi connectivity index (χ0) is 26.7. The number of hydrogen-bond acceptors (Lipinski definition) is 7. The van der Waals surface area contributed by atoms with Crippen molar-refractivity contribution in [2.75, 3.05) is 0 Å². The molecule has 39 heavy (non-hydrogen) atoms. The molecule has 186 valence electrons. The van der Waals surface area contributed by atoms with Gasteiger partial charge >= 0.3 is 0 Å². The van der Waals surface area contributed by atoms with Crippen molar-refractivity contribution in [3.63, 3.8) is 0 Å². The number of fused-ring (bicyclic) bond motifs is 2. The van der Waals surface area contributed by atoms with E-state index in [-0.39, 0.29) is 34.3 Å². The van der Waals surface area contributed by atoms with Crippen LogP contribution >= 0.6 is 34.0 Å². The van der Waals surface area contributed by atoms with Gasteiger partial charge in [-0.25, -0.2) is 0 Å². The second-order valence-corrected chi connectivity index (χ2v) is 12.4. The first kappa shape index (κ1) is 23.8. The maximum Gasteiger partial charge on any atom is 0.197 e. The Bertz CT molecular complexity index is 1730. The molecule has 0 bridgehead atoms. The van der Waals surface area contributed by atoms with Gasteiger partial charge in [-0.05, 0) is 48.6 Å². The van der Waals surface area contributed by atoms with Crippen LogP contribution in [0.25, 0.3) is 31.7 Å². The van der Waals surface area contributed by atoms with Crippen LogP contribution in [0.2, 0.25) is 0 Å². The summed E-state index contributed by atoms with van der Waals surface area (Å²) in [6.45, 7) is 0. The summed E-state index contributed by atoms with van der Waals surface area (Å²) >= 11 is 4.71. The summed E-state index contributed by atoms with van der Waals surface area (Å²) in [4.78, 5) is 56.9. The lowest BCUT2D eigenvalue weighted by Gasteiger charge is -1.93. The van der Waals surface area contributed by atoms with E-state index in [2.05, 4.69) is 12.1 Å². The minimum absolute atomic E-state index is 0.207. The van der Waals surface area contributed by atoms with Gasteiger partial charge in [0.1, 0.15) is 0 Å². The van der Waals surface area contributed by atoms with E-state index in [1.807, 2.05) is 24.3 Å². The van der Waals surface area contributed by atoms with Crippen LogP contribution < -0.4 is 0 Å². The number of ketones is 4. The van der Waals surface area contributed by atoms with Gasteiger partial charge in [0.15, 0.2) is 23.1 Å². The highest BCUT2D eigenvalue weighted by molar-refractivity contribution is 7.26. The van der Waals surface area contributed by atoms with Crippen LogP contribution in [0.4, 0.5) is 0 Å². The predicted octanol–water partition coefficient (Wildman–Crippen LogP) is 8.13. The largest absolute Gasteiger partial charge is 0.288 e. The summed E-state index contributed by atoms with van der Waals surface area (Å²) in [6.07, 6.45) is 3.38. The van der Waals surface area contributed by atoms with E-state index in [1.165, 1.54) is 22.7 Å². The number of hydrogen-bond donors (Lipinski definition) is 0. The van der Waals surface area contributed by atoms with Crippen molar-refractivity contribution in [1.29, 1.82) is 0 Å². The van der Waals surface area contributed by atoms with Crippen LogP contribution in [0.3, 0.4) is 0 Å². The van der Waals surface area contributed by atoms with E-state index < -0.39 is 0 Å². The van der Waals surface area contributed by atoms with Crippen LogP contribution in [0.5, 0.6) is 0 Å². The van der Waals surface area contributed by atoms with E-state index in [1.54, 1.807) is 72.0 Å². The predicted molar refractivity (Wildman–Crippen MR) is 157 cm³/mol. The third-order valence-corrected chi connectivity index (χ3v) is 10.3. The topological polar surface area (TPSA) is 68.3 Å². The van der Waals surface area contributed by atoms with Crippen molar-refractivity contribution in [2.45, 2.75) is 0 Å². The van der Waals surface area contributed by atoms with E-state index in [9.17, 15) is 19.2 Å². The smallest absolute Gasteiger partial charge is 0.197 e. The molecule has 7 heteroatoms. The second-order valence-electron chi connectivity index (χ2n) is 9.09. The first-order valence-electron chi connectivity index (χ1n) is 12.1. The quantitative estimate of drug-likeness (QED) is 0.164. The molecule has 0 atom stereocenters. The summed E-state index contributed by atoms with van der Waals surface area (Å²) in [5.41, 5.74) is 2.27. The van der Waals surface area contributed by atoms with Crippen molar-refractivity contribution in [1.82, 2.24) is 0 Å². The van der Waals surface area contributed by atoms with E-state index >= 15 is 0 Å². The van der Waals surface area contributed by atoms with Crippen LogP contribution in [-0.4, -0.2) is 23.1 Å². The molecule has 0 amide bonds. The molecule has 0 radical (unpaired) electrons. The van der Waals surface area contributed by atoms with Crippen molar-refractivity contribution < 1.29 is 19.2 Å². The highest BCUT2D eigenvalue weighted by Crippen LogP contribution is 2.41. The molecule has 3 heterocycles. The molecule has 4 nitrogen and oxygen atoms in total. The SMILES string of the molecule is O=C1C(=Cc2ccc(-c3ccc(-c4ccc(C=C5C(=O)c6ccccc6C5=O)s4)s3)s2)C(=O)c2ccccc21. The number of allylic oxidation sites excluding steroid dienone is 2. The van der Waals surface area contributed by atoms with Gasteiger partial charge in [-0.2, -0.15) is 0 Å². The Balaban J connectivity index is 1.12. The third kappa shape index (κ3) is 3.94. The van der Waals surface area contributed by atoms with Crippen LogP contribution in [-0.2, 0) is 0 Å². The van der Waals surface area contributed by atoms with E-state index in [0.717, 1.165) is 29.3 Å². The zero-order valence-corrected chi connectivity index (χ0v) is 22.5. The fraction of sp³-hybridized carbons (Fsp3) is 0. The maximum absolute atomic E-state index is 12.7. The lowest BCUT2D eigenvalue weighted by molar-refractivity contribution is 0.0975. The molecule has 0 N–H and O–H groups in total. The lowest BCUT2D eigenvalue weighted by Crippen LogP contribution is -1.99. The molecule has 7 rings (SSSR count). The normalized spacial score (nSPS) is 14.3. The van der Waals surface area contributed by atoms with Crippen molar-refractivity contribution in [3.05, 3.63) is 128 Å². The Hall–Kier alpha value is -4.30. The van der Waals surface area contributed by atoms with Gasteiger partial charge in [-0.15, -0.1) is 34.0 Å². The Morgan fingerprint density at radius 2 is 0.692 bits per heavy atom. The maximum atomic E-state index is 12.7. The molecule has 2 aliphatic rings. The molecule has 0 saturated heterocycles. The molecule has 0 spiro atoms. The molecular weight excluding hydrogens is 545 g/mol. The number of Topliss-reactive ketones (excluding diaryl/α,β-unsaturated/α-hetero) is 4. The molecular formula is C32H16O4S3. The Labute approximate surface area is 235 Å². The standard InChI is InChI=1S/C32H16O4S3/c33-29-19-5-1-2-6-20(19)30(34)23(29)15-17-9-11-25(37-17)27-13-14-28(39-27)26-12-10-18(38-26)16-24-31(35)21-7-3-4-8-22(21)32(24)36/h1-16H. The van der Waals surface area contributed by atoms with Gasteiger partial charge in [-0.1, -0.05) is 48.5 Å². The molecule has 2 aliphatic carbocycles. The number of benzene rings is 2. The van der Waals surface area contributed by atoms with Gasteiger partial charge in [0.25, 0.3) is 0 Å². The van der Waals surface area contributed by atoms with Crippen LogP contribution in [0.1, 0.15) is 51.2 Å². The van der Waals surface area contributed by atoms with Gasteiger partial charge in [0, 0.05) is 51.5 Å². The molecule has 0 fully saturated rings. The average molecular weight is 561 g/mol. The minimum atomic E-state index is -0.225. The molecule has 2 aromatic carbocycles. The summed E-state index contributed by atoms with van der Waals surface area (Å²) in [7, 11) is 0. The number of carbonyl (C=O) groups is 4. The highest BCUT2D eigenvalue weighted by atomic mass is 32.1. The first-order chi connectivity index (χ1) is 19.0. The number of thiophene rings is 3. The number of rotatable bonds is 4. The lowest BCUT2D eigenvalue weighted by atomic mass is 10.1. The molecule has 0 unspecified atom stereocenters. The molecule has 5 aromatic rings. The van der Waals surface area contributed by atoms with Crippen LogP contribution in [0.15, 0.2) is 96.1 Å². The summed E-state index contributed by atoms with van der Waals surface area (Å²) in [5.74, 6) is -0.899. The van der Waals surface area contributed by atoms with Crippen LogP contribution in [0, 0.1) is 0 Å². The summed E-state index contributed by atoms with van der Waals surface area (Å²) in [6, 6.07) is 25.8. The van der Waals surface area contributed by atoms with Gasteiger partial charge in [0.05, 0.1) is 11.1 Å². The molecule has 0 saturated carbocycles. The fourth-order valence-electron chi connectivity index (χ4n) is 4.82. The van der Waals surface area contributed by atoms with E-state index in [0.29, 0.717) is 22.3 Å². The molecule has 0 aliphatic heterocycles. The molecule has 3 aromatic heterocycles. The second kappa shape index (κ2) is 9.17. The summed E-state index contributed by atoms with van der Waals surface area (Å²) in [5, 5.41) is 0. The van der Waals surface area contributed by atoms with Gasteiger partial charge in [-0.3, -0.25) is 19.2 Å². The van der Waals surface area contributed by atoms with Crippen molar-refractivity contribution in [2.24, 2.45) is 0 Å². The Kier molecular flexibility index (Phi) is 5.59. The van der Waals surface area contributed by atoms with Gasteiger partial charge < -0.3 is 0 Å². The monoisotopic (exact) mass is 560 g/mol. The fourth-order valence-corrected chi connectivity index (χ4v) is 7.91. The minimum Gasteiger partial charge on any atom is -0.288 e. The number of carbonyl (C=O) groups excluding carboxylic acids is 4. The summed E-state index contributed by atoms with van der Waals surface area (Å²) < 4.78 is 0. The zero-order valence-electron chi connectivity index (χ0n) is 20.1. The van der Waals surface area contributed by atoms with Gasteiger partial charge in [0.2, 0.25) is 0 Å². The highest BCUT2D eigenvalue weighted by Gasteiger charge is 2.33. The van der Waals surface area contributed by atoms with Crippen molar-refractivity contribution in [3.8, 4) is 19.5 Å². The Morgan fingerprint density at radius 3 is 1.05 bits per heavy atom. The van der Waals surface area contributed by atoms with Crippen molar-refractivity contribution >= 4 is 69.3 Å². The third-order valence-electron chi connectivity index (χ3n) is 6.73. The van der Waals surface area contributed by atoms with E-state index in [4.69, 9.17) is 0 Å². The first-order valence-corrected chi connectivity index (χ1v) is 14.5. The Morgan fingerprint density at radius 1 is 0.385 bits per heavy atom.